The van der Waals surface area contributed by atoms with Gasteiger partial charge in [0, 0.05) is 31.2 Å². The number of carbonyl (C=O) groups excluding carboxylic acids is 2. The molecule has 150 valence electrons. The van der Waals surface area contributed by atoms with Gasteiger partial charge in [-0.2, -0.15) is 0 Å². The zero-order chi connectivity index (χ0) is 20.0. The molecule has 1 heterocycles. The first-order chi connectivity index (χ1) is 12.7. The molecule has 2 rings (SSSR count). The summed E-state index contributed by atoms with van der Waals surface area (Å²) >= 11 is 0. The van der Waals surface area contributed by atoms with Crippen LogP contribution in [0.15, 0.2) is 24.3 Å². The van der Waals surface area contributed by atoms with Crippen LogP contribution in [0.2, 0.25) is 0 Å². The molecular formula is C19H29N3O4S. The smallest absolute Gasteiger partial charge is 0.244 e. The maximum atomic E-state index is 12.9. The van der Waals surface area contributed by atoms with Crippen molar-refractivity contribution in [2.45, 2.75) is 33.1 Å². The Kier molecular flexibility index (Phi) is 7.38. The van der Waals surface area contributed by atoms with Crippen LogP contribution in [0.5, 0.6) is 0 Å². The molecule has 1 aromatic carbocycles. The zero-order valence-corrected chi connectivity index (χ0v) is 17.1. The van der Waals surface area contributed by atoms with Crippen LogP contribution in [-0.4, -0.2) is 61.9 Å². The van der Waals surface area contributed by atoms with Gasteiger partial charge in [-0.25, -0.2) is 12.7 Å². The minimum atomic E-state index is -3.22. The van der Waals surface area contributed by atoms with Crippen molar-refractivity contribution in [2.24, 2.45) is 5.92 Å². The molecule has 0 atom stereocenters. The van der Waals surface area contributed by atoms with Crippen LogP contribution in [0, 0.1) is 12.8 Å². The molecule has 1 N–H and O–H groups in total. The van der Waals surface area contributed by atoms with E-state index in [1.54, 1.807) is 4.90 Å². The molecule has 1 saturated heterocycles. The van der Waals surface area contributed by atoms with Gasteiger partial charge in [0.1, 0.15) is 0 Å². The number of hydrogen-bond donors (Lipinski definition) is 1. The SMILES string of the molecule is CCCN(CC(=O)Nc1ccccc1C)C(=O)C1CCN(S(C)(=O)=O)CC1. The lowest BCUT2D eigenvalue weighted by Crippen LogP contribution is -2.46. The first-order valence-electron chi connectivity index (χ1n) is 9.31. The van der Waals surface area contributed by atoms with Gasteiger partial charge in [-0.3, -0.25) is 9.59 Å². The van der Waals surface area contributed by atoms with Crippen molar-refractivity contribution in [3.05, 3.63) is 29.8 Å². The minimum Gasteiger partial charge on any atom is -0.333 e. The van der Waals surface area contributed by atoms with Gasteiger partial charge < -0.3 is 10.2 Å². The van der Waals surface area contributed by atoms with Gasteiger partial charge >= 0.3 is 0 Å². The number of benzene rings is 1. The molecule has 8 heteroatoms. The van der Waals surface area contributed by atoms with E-state index in [0.717, 1.165) is 17.7 Å². The lowest BCUT2D eigenvalue weighted by atomic mass is 9.96. The fourth-order valence-corrected chi connectivity index (χ4v) is 4.18. The van der Waals surface area contributed by atoms with Crippen LogP contribution in [0.3, 0.4) is 0 Å². The third kappa shape index (κ3) is 6.04. The summed E-state index contributed by atoms with van der Waals surface area (Å²) in [6.07, 6.45) is 2.93. The number of para-hydroxylation sites is 1. The van der Waals surface area contributed by atoms with Crippen molar-refractivity contribution in [3.8, 4) is 0 Å². The van der Waals surface area contributed by atoms with Crippen molar-refractivity contribution in [1.82, 2.24) is 9.21 Å². The Bertz CT molecular complexity index is 771. The van der Waals surface area contributed by atoms with Crippen molar-refractivity contribution in [3.63, 3.8) is 0 Å². The van der Waals surface area contributed by atoms with E-state index in [1.165, 1.54) is 10.6 Å². The van der Waals surface area contributed by atoms with E-state index in [-0.39, 0.29) is 24.3 Å². The molecule has 0 saturated carbocycles. The van der Waals surface area contributed by atoms with E-state index in [0.29, 0.717) is 32.5 Å². The summed E-state index contributed by atoms with van der Waals surface area (Å²) in [4.78, 5) is 26.9. The largest absolute Gasteiger partial charge is 0.333 e. The van der Waals surface area contributed by atoms with Gasteiger partial charge in [0.15, 0.2) is 0 Å². The normalized spacial score (nSPS) is 16.1. The summed E-state index contributed by atoms with van der Waals surface area (Å²) in [6, 6.07) is 7.51. The average molecular weight is 396 g/mol. The molecule has 1 aromatic rings. The van der Waals surface area contributed by atoms with Crippen molar-refractivity contribution in [2.75, 3.05) is 37.8 Å². The standard InChI is InChI=1S/C19H29N3O4S/c1-4-11-21(14-18(23)20-17-8-6-5-7-15(17)2)19(24)16-9-12-22(13-10-16)27(3,25)26/h5-8,16H,4,9-14H2,1-3H3,(H,20,23). The number of rotatable bonds is 7. The molecule has 1 aliphatic heterocycles. The number of sulfonamides is 1. The fraction of sp³-hybridized carbons (Fsp3) is 0.579. The second-order valence-electron chi connectivity index (χ2n) is 7.06. The lowest BCUT2D eigenvalue weighted by molar-refractivity contribution is -0.139. The Morgan fingerprint density at radius 3 is 2.41 bits per heavy atom. The Morgan fingerprint density at radius 2 is 1.85 bits per heavy atom. The molecule has 27 heavy (non-hydrogen) atoms. The second kappa shape index (κ2) is 9.32. The lowest BCUT2D eigenvalue weighted by Gasteiger charge is -2.32. The number of nitrogens with zero attached hydrogens (tertiary/aromatic N) is 2. The molecule has 0 bridgehead atoms. The van der Waals surface area contributed by atoms with Crippen molar-refractivity contribution >= 4 is 27.5 Å². The fourth-order valence-electron chi connectivity index (χ4n) is 3.31. The third-order valence-corrected chi connectivity index (χ3v) is 6.13. The highest BCUT2D eigenvalue weighted by atomic mass is 32.2. The first-order valence-corrected chi connectivity index (χ1v) is 11.2. The summed E-state index contributed by atoms with van der Waals surface area (Å²) in [5, 5.41) is 2.86. The predicted octanol–water partition coefficient (Wildman–Crippen LogP) is 1.84. The number of hydrogen-bond acceptors (Lipinski definition) is 4. The summed E-state index contributed by atoms with van der Waals surface area (Å²) < 4.78 is 24.7. The van der Waals surface area contributed by atoms with Gasteiger partial charge in [0.05, 0.1) is 12.8 Å². The van der Waals surface area contributed by atoms with E-state index >= 15 is 0 Å². The van der Waals surface area contributed by atoms with E-state index in [2.05, 4.69) is 5.32 Å². The van der Waals surface area contributed by atoms with Crippen LogP contribution < -0.4 is 5.32 Å². The maximum Gasteiger partial charge on any atom is 0.244 e. The molecular weight excluding hydrogens is 366 g/mol. The number of carbonyl (C=O) groups is 2. The topological polar surface area (TPSA) is 86.8 Å². The zero-order valence-electron chi connectivity index (χ0n) is 16.3. The first kappa shape index (κ1) is 21.4. The highest BCUT2D eigenvalue weighted by Gasteiger charge is 2.31. The van der Waals surface area contributed by atoms with E-state index in [9.17, 15) is 18.0 Å². The molecule has 0 aliphatic carbocycles. The van der Waals surface area contributed by atoms with Crippen LogP contribution in [-0.2, 0) is 19.6 Å². The molecule has 1 fully saturated rings. The van der Waals surface area contributed by atoms with Gasteiger partial charge in [-0.15, -0.1) is 0 Å². The third-order valence-electron chi connectivity index (χ3n) is 4.83. The summed E-state index contributed by atoms with van der Waals surface area (Å²) in [5.74, 6) is -0.523. The Morgan fingerprint density at radius 1 is 1.22 bits per heavy atom. The van der Waals surface area contributed by atoms with Gasteiger partial charge in [-0.1, -0.05) is 25.1 Å². The Balaban J connectivity index is 1.97. The monoisotopic (exact) mass is 395 g/mol. The van der Waals surface area contributed by atoms with Gasteiger partial charge in [-0.05, 0) is 37.8 Å². The number of aryl methyl sites for hydroxylation is 1. The maximum absolute atomic E-state index is 12.9. The minimum absolute atomic E-state index is 0.00724. The average Bonchev–Trinajstić information content (AvgIpc) is 2.62. The quantitative estimate of drug-likeness (QED) is 0.763. The molecule has 0 spiro atoms. The van der Waals surface area contributed by atoms with Crippen LogP contribution >= 0.6 is 0 Å². The van der Waals surface area contributed by atoms with Crippen molar-refractivity contribution < 1.29 is 18.0 Å². The summed E-state index contributed by atoms with van der Waals surface area (Å²) in [5.41, 5.74) is 1.71. The summed E-state index contributed by atoms with van der Waals surface area (Å²) in [7, 11) is -3.22. The highest BCUT2D eigenvalue weighted by Crippen LogP contribution is 2.22. The van der Waals surface area contributed by atoms with E-state index in [1.807, 2.05) is 38.1 Å². The Labute approximate surface area is 161 Å². The molecule has 2 amide bonds. The number of piperidine rings is 1. The van der Waals surface area contributed by atoms with E-state index in [4.69, 9.17) is 0 Å². The molecule has 1 aliphatic rings. The number of nitrogens with one attached hydrogen (secondary N) is 1. The number of amides is 2. The molecule has 7 nitrogen and oxygen atoms in total. The van der Waals surface area contributed by atoms with E-state index < -0.39 is 10.0 Å². The van der Waals surface area contributed by atoms with Gasteiger partial charge in [0.2, 0.25) is 21.8 Å². The highest BCUT2D eigenvalue weighted by molar-refractivity contribution is 7.88. The number of anilines is 1. The van der Waals surface area contributed by atoms with Crippen LogP contribution in [0.4, 0.5) is 5.69 Å². The van der Waals surface area contributed by atoms with Crippen molar-refractivity contribution in [1.29, 1.82) is 0 Å². The molecule has 0 unspecified atom stereocenters. The second-order valence-corrected chi connectivity index (χ2v) is 9.04. The van der Waals surface area contributed by atoms with Crippen LogP contribution in [0.25, 0.3) is 0 Å². The molecule has 0 radical (unpaired) electrons. The summed E-state index contributed by atoms with van der Waals surface area (Å²) in [6.45, 7) is 5.10. The van der Waals surface area contributed by atoms with Gasteiger partial charge in [0.25, 0.3) is 0 Å². The van der Waals surface area contributed by atoms with Crippen LogP contribution in [0.1, 0.15) is 31.7 Å². The Hall–Kier alpha value is -1.93. The predicted molar refractivity (Wildman–Crippen MR) is 106 cm³/mol. The molecule has 0 aromatic heterocycles.